The summed E-state index contributed by atoms with van der Waals surface area (Å²) in [5.41, 5.74) is -0.0671. The lowest BCUT2D eigenvalue weighted by atomic mass is 10.2. The predicted octanol–water partition coefficient (Wildman–Crippen LogP) is 0.881. The second kappa shape index (κ2) is 9.95. The van der Waals surface area contributed by atoms with Crippen LogP contribution in [0.4, 0.5) is 0 Å². The van der Waals surface area contributed by atoms with Gasteiger partial charge in [-0.1, -0.05) is 26.0 Å². The molecule has 92 valence electrons. The Balaban J connectivity index is 0. The third-order valence-corrected chi connectivity index (χ3v) is 1.63. The summed E-state index contributed by atoms with van der Waals surface area (Å²) < 4.78 is 0. The standard InChI is InChI=1S/C7H6O3.C4H11N.H2O/c8-6-4-2-1-3-5(6)7(9)10;1-3-5-4-2;/h1-4,8H,(H,9,10);5H,3-4H2,1-2H3;1H2. The number of nitrogens with one attached hydrogen (secondary N) is 1. The van der Waals surface area contributed by atoms with Gasteiger partial charge in [-0.05, 0) is 25.2 Å². The molecule has 1 aromatic carbocycles. The van der Waals surface area contributed by atoms with E-state index in [0.29, 0.717) is 0 Å². The third kappa shape index (κ3) is 6.80. The molecule has 0 aliphatic rings. The average molecular weight is 229 g/mol. The van der Waals surface area contributed by atoms with Gasteiger partial charge in [0.05, 0.1) is 0 Å². The van der Waals surface area contributed by atoms with Gasteiger partial charge in [-0.25, -0.2) is 4.79 Å². The topological polar surface area (TPSA) is 101 Å². The molecular formula is C11H19NO4. The van der Waals surface area contributed by atoms with Crippen molar-refractivity contribution in [3.8, 4) is 5.75 Å². The fourth-order valence-electron chi connectivity index (χ4n) is 0.904. The van der Waals surface area contributed by atoms with E-state index in [1.165, 1.54) is 12.1 Å². The maximum atomic E-state index is 10.3. The molecule has 0 saturated heterocycles. The van der Waals surface area contributed by atoms with Gasteiger partial charge in [-0.15, -0.1) is 0 Å². The van der Waals surface area contributed by atoms with Crippen LogP contribution in [0.2, 0.25) is 0 Å². The largest absolute Gasteiger partial charge is 0.507 e. The number of carboxylic acids is 1. The summed E-state index contributed by atoms with van der Waals surface area (Å²) in [6.45, 7) is 6.39. The highest BCUT2D eigenvalue weighted by Crippen LogP contribution is 2.14. The van der Waals surface area contributed by atoms with E-state index in [9.17, 15) is 4.79 Å². The number of benzene rings is 1. The number of hydrogen-bond donors (Lipinski definition) is 3. The maximum absolute atomic E-state index is 10.3. The molecule has 0 aliphatic carbocycles. The van der Waals surface area contributed by atoms with Gasteiger partial charge >= 0.3 is 5.97 Å². The number of aromatic carboxylic acids is 1. The van der Waals surface area contributed by atoms with Crippen molar-refractivity contribution in [2.45, 2.75) is 13.8 Å². The lowest BCUT2D eigenvalue weighted by Gasteiger charge is -1.95. The summed E-state index contributed by atoms with van der Waals surface area (Å²) in [5, 5.41) is 20.4. The SMILES string of the molecule is CCNCC.O.O=C(O)c1ccccc1O. The molecule has 0 amide bonds. The van der Waals surface area contributed by atoms with E-state index < -0.39 is 5.97 Å². The van der Waals surface area contributed by atoms with Crippen LogP contribution in [0.1, 0.15) is 24.2 Å². The van der Waals surface area contributed by atoms with Crippen molar-refractivity contribution in [3.63, 3.8) is 0 Å². The van der Waals surface area contributed by atoms with E-state index in [1.807, 2.05) is 0 Å². The van der Waals surface area contributed by atoms with Crippen LogP contribution in [0.25, 0.3) is 0 Å². The minimum absolute atomic E-state index is 0. The molecule has 5 N–H and O–H groups in total. The molecule has 5 heteroatoms. The molecule has 0 saturated carbocycles. The molecule has 0 aromatic heterocycles. The molecule has 16 heavy (non-hydrogen) atoms. The van der Waals surface area contributed by atoms with Gasteiger partial charge in [0.2, 0.25) is 0 Å². The van der Waals surface area contributed by atoms with Crippen molar-refractivity contribution in [2.24, 2.45) is 0 Å². The molecule has 0 heterocycles. The highest BCUT2D eigenvalue weighted by Gasteiger charge is 2.05. The van der Waals surface area contributed by atoms with Crippen LogP contribution in [-0.2, 0) is 0 Å². The van der Waals surface area contributed by atoms with E-state index >= 15 is 0 Å². The lowest BCUT2D eigenvalue weighted by Crippen LogP contribution is -2.09. The van der Waals surface area contributed by atoms with Crippen molar-refractivity contribution in [1.29, 1.82) is 0 Å². The van der Waals surface area contributed by atoms with E-state index in [-0.39, 0.29) is 16.8 Å². The average Bonchev–Trinajstić information content (AvgIpc) is 2.20. The number of carbonyl (C=O) groups is 1. The first kappa shape index (κ1) is 16.8. The Morgan fingerprint density at radius 2 is 1.75 bits per heavy atom. The summed E-state index contributed by atoms with van der Waals surface area (Å²) >= 11 is 0. The highest BCUT2D eigenvalue weighted by atomic mass is 16.4. The molecule has 0 unspecified atom stereocenters. The van der Waals surface area contributed by atoms with E-state index in [1.54, 1.807) is 12.1 Å². The van der Waals surface area contributed by atoms with Gasteiger partial charge in [-0.2, -0.15) is 0 Å². The fraction of sp³-hybridized carbons (Fsp3) is 0.364. The Hall–Kier alpha value is -1.59. The first-order valence-electron chi connectivity index (χ1n) is 4.85. The number of carboxylic acid groups (broad SMARTS) is 1. The monoisotopic (exact) mass is 229 g/mol. The Bertz CT molecular complexity index is 300. The molecule has 0 spiro atoms. The predicted molar refractivity (Wildman–Crippen MR) is 62.9 cm³/mol. The molecule has 0 atom stereocenters. The Morgan fingerprint density at radius 1 is 1.25 bits per heavy atom. The minimum atomic E-state index is -1.11. The fourth-order valence-corrected chi connectivity index (χ4v) is 0.904. The zero-order valence-electron chi connectivity index (χ0n) is 9.53. The summed E-state index contributed by atoms with van der Waals surface area (Å²) in [6.07, 6.45) is 0. The van der Waals surface area contributed by atoms with Crippen molar-refractivity contribution >= 4 is 5.97 Å². The van der Waals surface area contributed by atoms with Gasteiger partial charge in [0.15, 0.2) is 0 Å². The third-order valence-electron chi connectivity index (χ3n) is 1.63. The van der Waals surface area contributed by atoms with Crippen LogP contribution in [0.5, 0.6) is 5.75 Å². The van der Waals surface area contributed by atoms with Crippen molar-refractivity contribution in [1.82, 2.24) is 5.32 Å². The van der Waals surface area contributed by atoms with Crippen LogP contribution in [0.15, 0.2) is 24.3 Å². The first-order valence-corrected chi connectivity index (χ1v) is 4.85. The zero-order valence-corrected chi connectivity index (χ0v) is 9.53. The van der Waals surface area contributed by atoms with Crippen LogP contribution in [-0.4, -0.2) is 34.7 Å². The number of para-hydroxylation sites is 1. The molecular weight excluding hydrogens is 210 g/mol. The second-order valence-corrected chi connectivity index (χ2v) is 2.78. The van der Waals surface area contributed by atoms with Gasteiger partial charge in [0.25, 0.3) is 0 Å². The molecule has 1 rings (SSSR count). The molecule has 0 aliphatic heterocycles. The van der Waals surface area contributed by atoms with Gasteiger partial charge in [-0.3, -0.25) is 0 Å². The summed E-state index contributed by atoms with van der Waals surface area (Å²) in [7, 11) is 0. The Kier molecular flexibility index (Phi) is 10.5. The molecule has 0 radical (unpaired) electrons. The number of aromatic hydroxyl groups is 1. The van der Waals surface area contributed by atoms with Crippen LogP contribution in [0, 0.1) is 0 Å². The smallest absolute Gasteiger partial charge is 0.339 e. The summed E-state index contributed by atoms with van der Waals surface area (Å²) in [5.74, 6) is -1.31. The first-order chi connectivity index (χ1) is 7.13. The maximum Gasteiger partial charge on any atom is 0.339 e. The van der Waals surface area contributed by atoms with Crippen LogP contribution >= 0.6 is 0 Å². The lowest BCUT2D eigenvalue weighted by molar-refractivity contribution is 0.0693. The molecule has 0 fully saturated rings. The van der Waals surface area contributed by atoms with Crippen LogP contribution < -0.4 is 5.32 Å². The Morgan fingerprint density at radius 3 is 2.00 bits per heavy atom. The van der Waals surface area contributed by atoms with E-state index in [0.717, 1.165) is 13.1 Å². The zero-order chi connectivity index (χ0) is 11.7. The quantitative estimate of drug-likeness (QED) is 0.716. The van der Waals surface area contributed by atoms with E-state index in [2.05, 4.69) is 19.2 Å². The number of rotatable bonds is 3. The van der Waals surface area contributed by atoms with Crippen molar-refractivity contribution < 1.29 is 20.5 Å². The van der Waals surface area contributed by atoms with Gasteiger partial charge in [0, 0.05) is 0 Å². The van der Waals surface area contributed by atoms with Crippen LogP contribution in [0.3, 0.4) is 0 Å². The molecule has 5 nitrogen and oxygen atoms in total. The summed E-state index contributed by atoms with van der Waals surface area (Å²) in [4.78, 5) is 10.3. The molecule has 1 aromatic rings. The van der Waals surface area contributed by atoms with Gasteiger partial charge < -0.3 is 21.0 Å². The number of hydrogen-bond acceptors (Lipinski definition) is 3. The Labute approximate surface area is 95.0 Å². The normalized spacial score (nSPS) is 8.38. The van der Waals surface area contributed by atoms with E-state index in [4.69, 9.17) is 10.2 Å². The van der Waals surface area contributed by atoms with Gasteiger partial charge in [0.1, 0.15) is 11.3 Å². The molecule has 0 bridgehead atoms. The van der Waals surface area contributed by atoms with Crippen molar-refractivity contribution in [2.75, 3.05) is 13.1 Å². The number of phenols is 1. The van der Waals surface area contributed by atoms with Crippen molar-refractivity contribution in [3.05, 3.63) is 29.8 Å². The summed E-state index contributed by atoms with van der Waals surface area (Å²) in [6, 6.07) is 5.81. The second-order valence-electron chi connectivity index (χ2n) is 2.78. The minimum Gasteiger partial charge on any atom is -0.507 e. The highest BCUT2D eigenvalue weighted by molar-refractivity contribution is 5.90.